The van der Waals surface area contributed by atoms with E-state index in [0.717, 1.165) is 37.8 Å². The van der Waals surface area contributed by atoms with E-state index in [1.54, 1.807) is 4.90 Å². The minimum Gasteiger partial charge on any atom is -0.282 e. The van der Waals surface area contributed by atoms with E-state index in [1.165, 1.54) is 4.90 Å². The SMILES string of the molecule is CC(C)C1C(=O)N(C2CCC2)C(=O)N1C1=CCCC=C1. The Morgan fingerprint density at radius 3 is 2.40 bits per heavy atom. The number of urea groups is 1. The lowest BCUT2D eigenvalue weighted by atomic mass is 9.91. The van der Waals surface area contributed by atoms with E-state index in [9.17, 15) is 9.59 Å². The summed E-state index contributed by atoms with van der Waals surface area (Å²) >= 11 is 0. The second-order valence-electron chi connectivity index (χ2n) is 6.24. The van der Waals surface area contributed by atoms with E-state index in [-0.39, 0.29) is 29.9 Å². The van der Waals surface area contributed by atoms with Crippen LogP contribution in [0.3, 0.4) is 0 Å². The quantitative estimate of drug-likeness (QED) is 0.742. The van der Waals surface area contributed by atoms with Crippen molar-refractivity contribution in [3.05, 3.63) is 23.9 Å². The first-order valence-corrected chi connectivity index (χ1v) is 7.64. The Balaban J connectivity index is 1.93. The summed E-state index contributed by atoms with van der Waals surface area (Å²) in [6.45, 7) is 4.03. The third-order valence-corrected chi connectivity index (χ3v) is 4.51. The number of amides is 3. The molecule has 0 spiro atoms. The molecule has 2 fully saturated rings. The number of imide groups is 1. The van der Waals surface area contributed by atoms with Crippen LogP contribution in [-0.4, -0.2) is 33.8 Å². The number of hydrogen-bond acceptors (Lipinski definition) is 2. The van der Waals surface area contributed by atoms with Crippen LogP contribution < -0.4 is 0 Å². The van der Waals surface area contributed by atoms with Gasteiger partial charge in [0.25, 0.3) is 5.91 Å². The Morgan fingerprint density at radius 1 is 1.15 bits per heavy atom. The average molecular weight is 274 g/mol. The number of carbonyl (C=O) groups is 2. The minimum absolute atomic E-state index is 0.00502. The first-order chi connectivity index (χ1) is 9.61. The summed E-state index contributed by atoms with van der Waals surface area (Å²) in [5, 5.41) is 0. The molecule has 0 bridgehead atoms. The molecule has 1 heterocycles. The second kappa shape index (κ2) is 5.08. The summed E-state index contributed by atoms with van der Waals surface area (Å²) < 4.78 is 0. The Hall–Kier alpha value is -1.58. The minimum atomic E-state index is -0.336. The predicted octanol–water partition coefficient (Wildman–Crippen LogP) is 3.06. The van der Waals surface area contributed by atoms with E-state index in [0.29, 0.717) is 0 Å². The molecule has 0 aromatic rings. The summed E-state index contributed by atoms with van der Waals surface area (Å²) in [6, 6.07) is -0.317. The molecule has 20 heavy (non-hydrogen) atoms. The van der Waals surface area contributed by atoms with Crippen LogP contribution in [0.25, 0.3) is 0 Å². The maximum Gasteiger partial charge on any atom is 0.332 e. The molecule has 3 aliphatic rings. The Bertz CT molecular complexity index is 489. The Kier molecular flexibility index (Phi) is 3.40. The van der Waals surface area contributed by atoms with Crippen LogP contribution in [0.2, 0.25) is 0 Å². The fraction of sp³-hybridized carbons (Fsp3) is 0.625. The highest BCUT2D eigenvalue weighted by Gasteiger charge is 2.50. The molecule has 1 saturated heterocycles. The van der Waals surface area contributed by atoms with Crippen molar-refractivity contribution in [2.24, 2.45) is 5.92 Å². The van der Waals surface area contributed by atoms with Gasteiger partial charge in [0.2, 0.25) is 0 Å². The number of nitrogens with zero attached hydrogens (tertiary/aromatic N) is 2. The Labute approximate surface area is 120 Å². The van der Waals surface area contributed by atoms with Gasteiger partial charge in [-0.3, -0.25) is 14.6 Å². The zero-order valence-electron chi connectivity index (χ0n) is 12.2. The highest BCUT2D eigenvalue weighted by atomic mass is 16.2. The van der Waals surface area contributed by atoms with Gasteiger partial charge in [-0.05, 0) is 44.1 Å². The van der Waals surface area contributed by atoms with Crippen LogP contribution in [0.4, 0.5) is 4.79 Å². The maximum absolute atomic E-state index is 12.7. The standard InChI is InChI=1S/C16H22N2O2/c1-11(2)14-15(19)18(13-9-6-10-13)16(20)17(14)12-7-4-3-5-8-12/h4,7-8,11,13-14H,3,5-6,9-10H2,1-2H3. The summed E-state index contributed by atoms with van der Waals surface area (Å²) in [4.78, 5) is 28.6. The lowest BCUT2D eigenvalue weighted by Gasteiger charge is -2.32. The zero-order valence-corrected chi connectivity index (χ0v) is 12.2. The van der Waals surface area contributed by atoms with E-state index in [4.69, 9.17) is 0 Å². The fourth-order valence-electron chi connectivity index (χ4n) is 3.20. The van der Waals surface area contributed by atoms with Crippen LogP contribution in [0.15, 0.2) is 23.9 Å². The summed E-state index contributed by atoms with van der Waals surface area (Å²) in [7, 11) is 0. The van der Waals surface area contributed by atoms with E-state index in [1.807, 2.05) is 19.9 Å². The average Bonchev–Trinajstić information content (AvgIpc) is 2.63. The molecule has 108 valence electrons. The van der Waals surface area contributed by atoms with Crippen molar-refractivity contribution >= 4 is 11.9 Å². The molecule has 0 N–H and O–H groups in total. The first kappa shape index (κ1) is 13.4. The monoisotopic (exact) mass is 274 g/mol. The van der Waals surface area contributed by atoms with Crippen molar-refractivity contribution in [2.75, 3.05) is 0 Å². The first-order valence-electron chi connectivity index (χ1n) is 7.64. The van der Waals surface area contributed by atoms with Crippen molar-refractivity contribution < 1.29 is 9.59 Å². The molecule has 0 aromatic carbocycles. The van der Waals surface area contributed by atoms with Gasteiger partial charge in [0.1, 0.15) is 6.04 Å². The molecule has 4 nitrogen and oxygen atoms in total. The van der Waals surface area contributed by atoms with Gasteiger partial charge in [-0.2, -0.15) is 0 Å². The largest absolute Gasteiger partial charge is 0.332 e. The molecule has 1 saturated carbocycles. The summed E-state index contributed by atoms with van der Waals surface area (Å²) in [6.07, 6.45) is 11.1. The Morgan fingerprint density at radius 2 is 1.90 bits per heavy atom. The van der Waals surface area contributed by atoms with E-state index in [2.05, 4.69) is 12.2 Å². The van der Waals surface area contributed by atoms with Crippen LogP contribution >= 0.6 is 0 Å². The molecule has 1 atom stereocenters. The molecule has 3 rings (SSSR count). The van der Waals surface area contributed by atoms with Gasteiger partial charge >= 0.3 is 6.03 Å². The van der Waals surface area contributed by atoms with Crippen LogP contribution in [-0.2, 0) is 4.79 Å². The van der Waals surface area contributed by atoms with Gasteiger partial charge < -0.3 is 0 Å². The van der Waals surface area contributed by atoms with Crippen molar-refractivity contribution in [3.63, 3.8) is 0 Å². The molecule has 3 amide bonds. The zero-order chi connectivity index (χ0) is 14.3. The smallest absolute Gasteiger partial charge is 0.282 e. The molecule has 0 aromatic heterocycles. The maximum atomic E-state index is 12.7. The van der Waals surface area contributed by atoms with Gasteiger partial charge in [-0.1, -0.05) is 26.0 Å². The van der Waals surface area contributed by atoms with Crippen molar-refractivity contribution in [1.82, 2.24) is 9.80 Å². The van der Waals surface area contributed by atoms with Gasteiger partial charge in [-0.25, -0.2) is 4.79 Å². The van der Waals surface area contributed by atoms with Gasteiger partial charge in [0.05, 0.1) is 0 Å². The predicted molar refractivity (Wildman–Crippen MR) is 76.8 cm³/mol. The van der Waals surface area contributed by atoms with Gasteiger partial charge in [0.15, 0.2) is 0 Å². The molecular formula is C16H22N2O2. The van der Waals surface area contributed by atoms with Gasteiger partial charge in [0, 0.05) is 11.7 Å². The van der Waals surface area contributed by atoms with Crippen LogP contribution in [0.5, 0.6) is 0 Å². The van der Waals surface area contributed by atoms with E-state index < -0.39 is 0 Å². The number of carbonyl (C=O) groups excluding carboxylic acids is 2. The summed E-state index contributed by atoms with van der Waals surface area (Å²) in [5.41, 5.74) is 0.898. The normalized spacial score (nSPS) is 27.4. The third-order valence-electron chi connectivity index (χ3n) is 4.51. The fourth-order valence-corrected chi connectivity index (χ4v) is 3.20. The second-order valence-corrected chi connectivity index (χ2v) is 6.24. The number of hydrogen-bond donors (Lipinski definition) is 0. The molecule has 4 heteroatoms. The van der Waals surface area contributed by atoms with Crippen LogP contribution in [0, 0.1) is 5.92 Å². The molecule has 0 radical (unpaired) electrons. The highest BCUT2D eigenvalue weighted by Crippen LogP contribution is 2.35. The summed E-state index contributed by atoms with van der Waals surface area (Å²) in [5.74, 6) is 0.127. The van der Waals surface area contributed by atoms with Crippen molar-refractivity contribution in [2.45, 2.75) is 58.0 Å². The number of rotatable bonds is 3. The van der Waals surface area contributed by atoms with Gasteiger partial charge in [-0.15, -0.1) is 0 Å². The highest BCUT2D eigenvalue weighted by molar-refractivity contribution is 6.05. The van der Waals surface area contributed by atoms with E-state index >= 15 is 0 Å². The molecule has 2 aliphatic carbocycles. The van der Waals surface area contributed by atoms with Crippen molar-refractivity contribution in [1.29, 1.82) is 0 Å². The van der Waals surface area contributed by atoms with Crippen molar-refractivity contribution in [3.8, 4) is 0 Å². The molecule has 1 aliphatic heterocycles. The lowest BCUT2D eigenvalue weighted by molar-refractivity contribution is -0.131. The third kappa shape index (κ3) is 1.98. The topological polar surface area (TPSA) is 40.6 Å². The van der Waals surface area contributed by atoms with Crippen LogP contribution in [0.1, 0.15) is 46.0 Å². The molecule has 1 unspecified atom stereocenters. The lowest BCUT2D eigenvalue weighted by Crippen LogP contribution is -2.45. The molecular weight excluding hydrogens is 252 g/mol. The number of allylic oxidation sites excluding steroid dienone is 3.